The smallest absolute Gasteiger partial charge is 0.319 e. The fourth-order valence-corrected chi connectivity index (χ4v) is 2.15. The molecule has 0 fully saturated rings. The van der Waals surface area contributed by atoms with E-state index >= 15 is 0 Å². The summed E-state index contributed by atoms with van der Waals surface area (Å²) < 4.78 is 0. The second-order valence-electron chi connectivity index (χ2n) is 7.08. The van der Waals surface area contributed by atoms with Crippen molar-refractivity contribution in [2.24, 2.45) is 11.1 Å². The lowest BCUT2D eigenvalue weighted by Gasteiger charge is -2.25. The number of nitrogens with zero attached hydrogens (tertiary/aromatic N) is 1. The van der Waals surface area contributed by atoms with Gasteiger partial charge in [0.15, 0.2) is 0 Å². The molecule has 0 spiro atoms. The molecule has 0 radical (unpaired) electrons. The molecule has 7 nitrogen and oxygen atoms in total. The number of aromatic nitrogens is 1. The number of halogens is 2. The van der Waals surface area contributed by atoms with E-state index in [1.54, 1.807) is 36.7 Å². The van der Waals surface area contributed by atoms with Crippen LogP contribution in [-0.2, 0) is 11.3 Å². The number of nitrogens with one attached hydrogen (secondary N) is 3. The largest absolute Gasteiger partial charge is 0.334 e. The fraction of sp³-hybridized carbons (Fsp3) is 0.316. The average Bonchev–Trinajstić information content (AvgIpc) is 2.59. The van der Waals surface area contributed by atoms with Gasteiger partial charge < -0.3 is 21.7 Å². The third-order valence-electron chi connectivity index (χ3n) is 3.81. The summed E-state index contributed by atoms with van der Waals surface area (Å²) in [5.74, 6) is -0.267. The third kappa shape index (κ3) is 8.12. The van der Waals surface area contributed by atoms with Gasteiger partial charge in [-0.15, -0.1) is 24.8 Å². The fourth-order valence-electron chi connectivity index (χ4n) is 2.15. The molecular formula is C19H27Cl2N5O2. The van der Waals surface area contributed by atoms with Crippen LogP contribution in [0.5, 0.6) is 0 Å². The molecule has 0 aliphatic rings. The minimum Gasteiger partial charge on any atom is -0.334 e. The summed E-state index contributed by atoms with van der Waals surface area (Å²) in [7, 11) is 0. The highest BCUT2D eigenvalue weighted by molar-refractivity contribution is 5.96. The molecule has 5 N–H and O–H groups in total. The quantitative estimate of drug-likeness (QED) is 0.584. The van der Waals surface area contributed by atoms with E-state index in [9.17, 15) is 9.59 Å². The summed E-state index contributed by atoms with van der Waals surface area (Å²) in [5.41, 5.74) is 7.71. The molecule has 3 amide bonds. The van der Waals surface area contributed by atoms with Crippen LogP contribution in [0.4, 0.5) is 16.2 Å². The van der Waals surface area contributed by atoms with Crippen LogP contribution < -0.4 is 21.7 Å². The van der Waals surface area contributed by atoms with Crippen LogP contribution in [-0.4, -0.2) is 23.0 Å². The van der Waals surface area contributed by atoms with Gasteiger partial charge >= 0.3 is 6.03 Å². The lowest BCUT2D eigenvalue weighted by molar-refractivity contribution is -0.119. The predicted octanol–water partition coefficient (Wildman–Crippen LogP) is 3.56. The van der Waals surface area contributed by atoms with E-state index in [-0.39, 0.29) is 42.2 Å². The van der Waals surface area contributed by atoms with E-state index in [0.717, 1.165) is 5.56 Å². The maximum Gasteiger partial charge on any atom is 0.319 e. The predicted molar refractivity (Wildman–Crippen MR) is 117 cm³/mol. The summed E-state index contributed by atoms with van der Waals surface area (Å²) in [4.78, 5) is 28.2. The number of hydrogen-bond acceptors (Lipinski definition) is 4. The van der Waals surface area contributed by atoms with Crippen molar-refractivity contribution in [3.05, 3.63) is 54.4 Å². The van der Waals surface area contributed by atoms with Crippen molar-refractivity contribution >= 4 is 48.1 Å². The summed E-state index contributed by atoms with van der Waals surface area (Å²) in [5, 5.41) is 8.27. The van der Waals surface area contributed by atoms with Gasteiger partial charge in [0.05, 0.1) is 6.04 Å². The van der Waals surface area contributed by atoms with Crippen LogP contribution in [0.2, 0.25) is 0 Å². The first-order valence-electron chi connectivity index (χ1n) is 8.36. The normalized spacial score (nSPS) is 11.3. The van der Waals surface area contributed by atoms with Gasteiger partial charge in [-0.2, -0.15) is 0 Å². The first kappa shape index (κ1) is 25.6. The molecule has 1 heterocycles. The molecule has 0 aliphatic carbocycles. The third-order valence-corrected chi connectivity index (χ3v) is 3.81. The van der Waals surface area contributed by atoms with Crippen LogP contribution in [0.15, 0.2) is 48.8 Å². The zero-order chi connectivity index (χ0) is 19.2. The van der Waals surface area contributed by atoms with Gasteiger partial charge in [0, 0.05) is 30.3 Å². The van der Waals surface area contributed by atoms with E-state index in [1.807, 2.05) is 32.9 Å². The maximum atomic E-state index is 12.2. The number of hydrogen-bond donors (Lipinski definition) is 4. The molecule has 28 heavy (non-hydrogen) atoms. The van der Waals surface area contributed by atoms with Gasteiger partial charge in [-0.1, -0.05) is 26.8 Å². The standard InChI is InChI=1S/C19H25N5O2.2ClH/c1-19(2,3)16(20)17(25)23-14-5-4-6-15(11-14)24-18(26)22-12-13-7-9-21-10-8-13;;/h4-11,16H,12,20H2,1-3H3,(H,23,25)(H2,22,24,26);2*1H/t16-;;/m1../s1. The number of urea groups is 1. The molecule has 0 saturated carbocycles. The molecule has 2 aromatic rings. The number of carbonyl (C=O) groups excluding carboxylic acids is 2. The summed E-state index contributed by atoms with van der Waals surface area (Å²) >= 11 is 0. The number of amides is 3. The minimum atomic E-state index is -0.636. The Morgan fingerprint density at radius 1 is 1.04 bits per heavy atom. The first-order chi connectivity index (χ1) is 12.3. The Morgan fingerprint density at radius 2 is 1.61 bits per heavy atom. The number of rotatable bonds is 5. The zero-order valence-corrected chi connectivity index (χ0v) is 17.7. The molecule has 0 unspecified atom stereocenters. The Balaban J connectivity index is 0.00000364. The highest BCUT2D eigenvalue weighted by atomic mass is 35.5. The summed E-state index contributed by atoms with van der Waals surface area (Å²) in [6, 6.07) is 9.60. The maximum absolute atomic E-state index is 12.2. The molecule has 0 aliphatic heterocycles. The lowest BCUT2D eigenvalue weighted by atomic mass is 9.87. The van der Waals surface area contributed by atoms with Gasteiger partial charge in [0.2, 0.25) is 5.91 Å². The molecule has 1 aromatic heterocycles. The molecule has 1 atom stereocenters. The molecular weight excluding hydrogens is 401 g/mol. The second-order valence-corrected chi connectivity index (χ2v) is 7.08. The topological polar surface area (TPSA) is 109 Å². The van der Waals surface area contributed by atoms with Gasteiger partial charge in [-0.3, -0.25) is 9.78 Å². The Kier molecular flexibility index (Phi) is 10.5. The van der Waals surface area contributed by atoms with E-state index in [0.29, 0.717) is 17.9 Å². The van der Waals surface area contributed by atoms with E-state index < -0.39 is 6.04 Å². The van der Waals surface area contributed by atoms with Crippen molar-refractivity contribution < 1.29 is 9.59 Å². The van der Waals surface area contributed by atoms with Gasteiger partial charge in [0.25, 0.3) is 0 Å². The second kappa shape index (κ2) is 11.5. The van der Waals surface area contributed by atoms with Gasteiger partial charge in [-0.05, 0) is 41.3 Å². The van der Waals surface area contributed by atoms with Crippen molar-refractivity contribution in [3.8, 4) is 0 Å². The molecule has 154 valence electrons. The van der Waals surface area contributed by atoms with Crippen LogP contribution in [0.3, 0.4) is 0 Å². The number of nitrogens with two attached hydrogens (primary N) is 1. The molecule has 0 bridgehead atoms. The highest BCUT2D eigenvalue weighted by Gasteiger charge is 2.27. The lowest BCUT2D eigenvalue weighted by Crippen LogP contribution is -2.45. The van der Waals surface area contributed by atoms with Crippen LogP contribution in [0.1, 0.15) is 26.3 Å². The minimum absolute atomic E-state index is 0. The molecule has 2 rings (SSSR count). The van der Waals surface area contributed by atoms with Crippen molar-refractivity contribution in [1.82, 2.24) is 10.3 Å². The van der Waals surface area contributed by atoms with Crippen molar-refractivity contribution in [3.63, 3.8) is 0 Å². The molecule has 9 heteroatoms. The SMILES string of the molecule is CC(C)(C)[C@H](N)C(=O)Nc1cccc(NC(=O)NCc2ccncc2)c1.Cl.Cl. The van der Waals surface area contributed by atoms with Crippen LogP contribution >= 0.6 is 24.8 Å². The first-order valence-corrected chi connectivity index (χ1v) is 8.36. The monoisotopic (exact) mass is 427 g/mol. The van der Waals surface area contributed by atoms with Gasteiger partial charge in [-0.25, -0.2) is 4.79 Å². The summed E-state index contributed by atoms with van der Waals surface area (Å²) in [6.07, 6.45) is 3.34. The number of anilines is 2. The molecule has 1 aromatic carbocycles. The van der Waals surface area contributed by atoms with E-state index in [1.165, 1.54) is 0 Å². The Morgan fingerprint density at radius 3 is 2.18 bits per heavy atom. The van der Waals surface area contributed by atoms with Crippen molar-refractivity contribution in [2.75, 3.05) is 10.6 Å². The van der Waals surface area contributed by atoms with E-state index in [4.69, 9.17) is 5.73 Å². The number of benzene rings is 1. The van der Waals surface area contributed by atoms with Crippen molar-refractivity contribution in [2.45, 2.75) is 33.4 Å². The van der Waals surface area contributed by atoms with Gasteiger partial charge in [0.1, 0.15) is 0 Å². The Labute approximate surface area is 177 Å². The highest BCUT2D eigenvalue weighted by Crippen LogP contribution is 2.20. The number of carbonyl (C=O) groups is 2. The Hall–Kier alpha value is -2.35. The van der Waals surface area contributed by atoms with Crippen LogP contribution in [0.25, 0.3) is 0 Å². The molecule has 0 saturated heterocycles. The number of pyridine rings is 1. The Bertz CT molecular complexity index is 766. The zero-order valence-electron chi connectivity index (χ0n) is 16.1. The van der Waals surface area contributed by atoms with E-state index in [2.05, 4.69) is 20.9 Å². The van der Waals surface area contributed by atoms with Crippen LogP contribution in [0, 0.1) is 5.41 Å². The van der Waals surface area contributed by atoms with Crippen molar-refractivity contribution in [1.29, 1.82) is 0 Å². The average molecular weight is 428 g/mol. The summed E-state index contributed by atoms with van der Waals surface area (Å²) in [6.45, 7) is 6.11.